The van der Waals surface area contributed by atoms with Crippen LogP contribution >= 0.6 is 11.8 Å². The summed E-state index contributed by atoms with van der Waals surface area (Å²) < 4.78 is 0.715. The Bertz CT molecular complexity index is 1620. The fourth-order valence-corrected chi connectivity index (χ4v) is 6.99. The zero-order valence-electron chi connectivity index (χ0n) is 21.5. The van der Waals surface area contributed by atoms with Crippen LogP contribution in [0.25, 0.3) is 32.7 Å². The largest absolute Gasteiger partial charge is 0.276 e. The summed E-state index contributed by atoms with van der Waals surface area (Å²) in [6, 6.07) is 19.1. The first-order valence-corrected chi connectivity index (χ1v) is 13.2. The number of hydrogen-bond donors (Lipinski definition) is 0. The fourth-order valence-electron chi connectivity index (χ4n) is 6.81. The molecule has 0 N–H and O–H groups in total. The zero-order valence-corrected chi connectivity index (χ0v) is 22.2. The van der Waals surface area contributed by atoms with Gasteiger partial charge in [0.25, 0.3) is 11.8 Å². The van der Waals surface area contributed by atoms with Gasteiger partial charge in [-0.05, 0) is 67.8 Å². The molecule has 180 valence electrons. The van der Waals surface area contributed by atoms with Gasteiger partial charge in [0.1, 0.15) is 7.85 Å². The van der Waals surface area contributed by atoms with Crippen molar-refractivity contribution in [1.29, 1.82) is 0 Å². The summed E-state index contributed by atoms with van der Waals surface area (Å²) in [5.41, 5.74) is 6.73. The molecule has 0 bridgehead atoms. The third-order valence-electron chi connectivity index (χ3n) is 8.81. The molecule has 36 heavy (non-hydrogen) atoms. The number of carbonyl (C=O) groups is 2. The van der Waals surface area contributed by atoms with Crippen LogP contribution in [0.5, 0.6) is 0 Å². The van der Waals surface area contributed by atoms with E-state index in [9.17, 15) is 9.59 Å². The van der Waals surface area contributed by atoms with Crippen LogP contribution in [0, 0.1) is 0 Å². The number of fused-ring (bicyclic) bond motifs is 1. The molecule has 2 aliphatic rings. The summed E-state index contributed by atoms with van der Waals surface area (Å²) in [5.74, 6) is -0.917. The van der Waals surface area contributed by atoms with Crippen LogP contribution in [0.1, 0.15) is 84.4 Å². The fraction of sp³-hybridized carbons (Fsp3) is 0.290. The van der Waals surface area contributed by atoms with Crippen molar-refractivity contribution in [3.8, 4) is 11.1 Å². The second kappa shape index (κ2) is 7.70. The topological polar surface area (TPSA) is 37.4 Å². The summed E-state index contributed by atoms with van der Waals surface area (Å²) in [6.07, 6.45) is 3.12. The minimum absolute atomic E-state index is 0.0451. The van der Waals surface area contributed by atoms with E-state index in [0.717, 1.165) is 46.7 Å². The van der Waals surface area contributed by atoms with Crippen molar-refractivity contribution in [3.05, 3.63) is 82.4 Å². The van der Waals surface area contributed by atoms with Crippen molar-refractivity contribution >= 4 is 53.0 Å². The van der Waals surface area contributed by atoms with Gasteiger partial charge in [-0.25, -0.2) is 0 Å². The van der Waals surface area contributed by atoms with Crippen molar-refractivity contribution < 1.29 is 9.59 Å². The van der Waals surface area contributed by atoms with E-state index in [-0.39, 0.29) is 10.7 Å². The van der Waals surface area contributed by atoms with Crippen molar-refractivity contribution in [3.63, 3.8) is 0 Å². The average molecular weight is 494 g/mol. The van der Waals surface area contributed by atoms with E-state index in [1.54, 1.807) is 0 Å². The van der Waals surface area contributed by atoms with E-state index >= 15 is 0 Å². The number of amides is 2. The Morgan fingerprint density at radius 1 is 0.833 bits per heavy atom. The molecular weight excluding hydrogens is 465 g/mol. The van der Waals surface area contributed by atoms with Crippen molar-refractivity contribution in [1.82, 2.24) is 4.42 Å². The second-order valence-corrected chi connectivity index (χ2v) is 11.5. The maximum Gasteiger partial charge on any atom is 0.276 e. The molecule has 1 aliphatic heterocycles. The van der Waals surface area contributed by atoms with Crippen LogP contribution in [-0.2, 0) is 10.7 Å². The zero-order chi connectivity index (χ0) is 25.6. The molecule has 1 heterocycles. The van der Waals surface area contributed by atoms with Gasteiger partial charge in [-0.2, -0.15) is 4.42 Å². The molecule has 2 unspecified atom stereocenters. The van der Waals surface area contributed by atoms with Gasteiger partial charge in [-0.15, -0.1) is 0 Å². The number of carbonyl (C=O) groups excluding carboxylic acids is 2. The normalized spacial score (nSPS) is 20.1. The highest BCUT2D eigenvalue weighted by molar-refractivity contribution is 6.40. The van der Waals surface area contributed by atoms with Crippen LogP contribution in [-0.4, -0.2) is 24.1 Å². The predicted octanol–water partition coefficient (Wildman–Crippen LogP) is 7.09. The molecule has 2 atom stereocenters. The van der Waals surface area contributed by atoms with Gasteiger partial charge in [0.05, 0.1) is 0 Å². The third kappa shape index (κ3) is 2.82. The number of nitrogens with zero attached hydrogens (tertiary/aromatic N) is 1. The van der Waals surface area contributed by atoms with Gasteiger partial charge in [-0.1, -0.05) is 83.0 Å². The lowest BCUT2D eigenvalue weighted by Crippen LogP contribution is -2.33. The average Bonchev–Trinajstić information content (AvgIpc) is 2.96. The third-order valence-corrected chi connectivity index (χ3v) is 9.12. The van der Waals surface area contributed by atoms with Gasteiger partial charge in [0.2, 0.25) is 0 Å². The summed E-state index contributed by atoms with van der Waals surface area (Å²) in [7, 11) is 2.34. The number of benzene rings is 4. The van der Waals surface area contributed by atoms with E-state index < -0.39 is 11.8 Å². The Hall–Kier alpha value is -3.11. The SMILES string of the molecule is BC(C)(CCC)c1ccc2c3c(cccc13)-c1ccc3c4c(ccc(c14)C2(C)CC)C(=O)N(Cl)C3=O. The lowest BCUT2D eigenvalue weighted by Gasteiger charge is -2.34. The maximum atomic E-state index is 13.1. The first kappa shape index (κ1) is 23.3. The van der Waals surface area contributed by atoms with E-state index in [1.165, 1.54) is 21.9 Å². The lowest BCUT2D eigenvalue weighted by molar-refractivity contribution is 0.0727. The predicted molar refractivity (Wildman–Crippen MR) is 151 cm³/mol. The van der Waals surface area contributed by atoms with Crippen LogP contribution in [0.4, 0.5) is 0 Å². The molecule has 5 heteroatoms. The molecule has 3 nitrogen and oxygen atoms in total. The molecule has 0 saturated carbocycles. The molecule has 0 saturated heterocycles. The molecule has 0 fully saturated rings. The summed E-state index contributed by atoms with van der Waals surface area (Å²) in [6.45, 7) is 9.11. The molecule has 0 radical (unpaired) electrons. The van der Waals surface area contributed by atoms with Crippen LogP contribution < -0.4 is 0 Å². The minimum atomic E-state index is -0.459. The molecule has 1 aliphatic carbocycles. The van der Waals surface area contributed by atoms with Crippen LogP contribution in [0.3, 0.4) is 0 Å². The van der Waals surface area contributed by atoms with Crippen molar-refractivity contribution in [2.45, 2.75) is 57.7 Å². The van der Waals surface area contributed by atoms with Crippen molar-refractivity contribution in [2.24, 2.45) is 0 Å². The van der Waals surface area contributed by atoms with Crippen LogP contribution in [0.2, 0.25) is 0 Å². The van der Waals surface area contributed by atoms with Gasteiger partial charge in [0, 0.05) is 33.7 Å². The molecule has 6 rings (SSSR count). The van der Waals surface area contributed by atoms with E-state index in [4.69, 9.17) is 11.8 Å². The summed E-state index contributed by atoms with van der Waals surface area (Å²) in [5, 5.41) is 4.35. The molecule has 0 spiro atoms. The highest BCUT2D eigenvalue weighted by Crippen LogP contribution is 2.53. The number of hydrogen-bond acceptors (Lipinski definition) is 2. The van der Waals surface area contributed by atoms with Gasteiger partial charge in [0.15, 0.2) is 0 Å². The second-order valence-electron chi connectivity index (χ2n) is 11.2. The highest BCUT2D eigenvalue weighted by atomic mass is 35.5. The Labute approximate surface area is 218 Å². The monoisotopic (exact) mass is 493 g/mol. The Kier molecular flexibility index (Phi) is 4.98. The molecule has 0 aromatic heterocycles. The maximum absolute atomic E-state index is 13.1. The quantitative estimate of drug-likeness (QED) is 0.173. The van der Waals surface area contributed by atoms with E-state index in [2.05, 4.69) is 71.9 Å². The molecular formula is C31H29BClNO2. The highest BCUT2D eigenvalue weighted by Gasteiger charge is 2.40. The Morgan fingerprint density at radius 3 is 2.08 bits per heavy atom. The smallest absolute Gasteiger partial charge is 0.267 e. The first-order valence-electron chi connectivity index (χ1n) is 12.9. The van der Waals surface area contributed by atoms with Gasteiger partial charge < -0.3 is 0 Å². The number of rotatable bonds is 4. The number of imide groups is 1. The molecule has 4 aromatic rings. The lowest BCUT2D eigenvalue weighted by atomic mass is 9.61. The summed E-state index contributed by atoms with van der Waals surface area (Å²) in [4.78, 5) is 26.1. The Balaban J connectivity index is 1.82. The van der Waals surface area contributed by atoms with E-state index in [0.29, 0.717) is 15.5 Å². The Morgan fingerprint density at radius 2 is 1.42 bits per heavy atom. The first-order chi connectivity index (χ1) is 17.2. The van der Waals surface area contributed by atoms with Crippen LogP contribution in [0.15, 0.2) is 54.6 Å². The summed E-state index contributed by atoms with van der Waals surface area (Å²) >= 11 is 6.13. The number of halogens is 1. The van der Waals surface area contributed by atoms with Crippen molar-refractivity contribution in [2.75, 3.05) is 0 Å². The minimum Gasteiger partial charge on any atom is -0.267 e. The molecule has 4 aromatic carbocycles. The standard InChI is InChI=1S/C31H29BClNO2/c1-5-16-31(4,32)22-14-15-23-25-17(8-7-9-19(22)25)18-10-11-20-26-21(29(36)34(33)28(20)35)12-13-24(27(18)26)30(23,3)6-2/h7-15H,5-6,16,32H2,1-4H3. The van der Waals surface area contributed by atoms with Gasteiger partial charge >= 0.3 is 0 Å². The van der Waals surface area contributed by atoms with Gasteiger partial charge in [-0.3, -0.25) is 9.59 Å². The van der Waals surface area contributed by atoms with E-state index in [1.807, 2.05) is 18.2 Å². The molecule has 2 amide bonds.